The molecule has 5 rings (SSSR count). The van der Waals surface area contributed by atoms with Crippen LogP contribution in [0.25, 0.3) is 22.2 Å². The Kier molecular flexibility index (Phi) is 4.69. The molecule has 3 heterocycles. The van der Waals surface area contributed by atoms with Crippen LogP contribution in [0.4, 0.5) is 11.6 Å². The van der Waals surface area contributed by atoms with Crippen molar-refractivity contribution < 1.29 is 4.74 Å². The Hall–Kier alpha value is -3.25. The molecule has 6 nitrogen and oxygen atoms in total. The molecule has 0 bridgehead atoms. The molecule has 1 saturated heterocycles. The highest BCUT2D eigenvalue weighted by atomic mass is 16.5. The predicted octanol–water partition coefficient (Wildman–Crippen LogP) is 4.96. The maximum atomic E-state index is 5.94. The molecule has 1 aliphatic rings. The third-order valence-electron chi connectivity index (χ3n) is 5.41. The van der Waals surface area contributed by atoms with Gasteiger partial charge < -0.3 is 9.64 Å². The molecule has 0 amide bonds. The molecule has 146 valence electrons. The zero-order valence-corrected chi connectivity index (χ0v) is 16.4. The number of rotatable bonds is 4. The van der Waals surface area contributed by atoms with Gasteiger partial charge in [0.05, 0.1) is 17.4 Å². The molecule has 1 unspecified atom stereocenters. The van der Waals surface area contributed by atoms with Gasteiger partial charge in [-0.05, 0) is 43.5 Å². The third kappa shape index (κ3) is 3.47. The second-order valence-electron chi connectivity index (χ2n) is 7.32. The first kappa shape index (κ1) is 17.8. The summed E-state index contributed by atoms with van der Waals surface area (Å²) in [7, 11) is 1.98. The topological polar surface area (TPSA) is 56.1 Å². The second kappa shape index (κ2) is 7.64. The summed E-state index contributed by atoms with van der Waals surface area (Å²) in [5.41, 5.74) is 4.05. The first-order valence-corrected chi connectivity index (χ1v) is 10.0. The summed E-state index contributed by atoms with van der Waals surface area (Å²) >= 11 is 0. The molecule has 1 aliphatic heterocycles. The van der Waals surface area contributed by atoms with E-state index in [0.717, 1.165) is 47.3 Å². The van der Waals surface area contributed by atoms with Gasteiger partial charge >= 0.3 is 0 Å². The van der Waals surface area contributed by atoms with Crippen molar-refractivity contribution >= 4 is 22.5 Å². The van der Waals surface area contributed by atoms with Crippen molar-refractivity contribution in [1.29, 1.82) is 0 Å². The van der Waals surface area contributed by atoms with Crippen molar-refractivity contribution in [2.75, 3.05) is 18.6 Å². The van der Waals surface area contributed by atoms with Crippen molar-refractivity contribution in [2.45, 2.75) is 25.5 Å². The fourth-order valence-corrected chi connectivity index (χ4v) is 3.78. The molecule has 2 aromatic heterocycles. The van der Waals surface area contributed by atoms with Crippen LogP contribution >= 0.6 is 0 Å². The number of anilines is 2. The minimum atomic E-state index is 0.0154. The minimum Gasteiger partial charge on any atom is -0.356 e. The van der Waals surface area contributed by atoms with Crippen molar-refractivity contribution in [3.63, 3.8) is 0 Å². The number of nitrogens with zero attached hydrogens (tertiary/aromatic N) is 5. The van der Waals surface area contributed by atoms with Gasteiger partial charge in [-0.25, -0.2) is 14.6 Å². The van der Waals surface area contributed by atoms with Gasteiger partial charge in [0.2, 0.25) is 5.95 Å². The van der Waals surface area contributed by atoms with Crippen LogP contribution in [0.3, 0.4) is 0 Å². The van der Waals surface area contributed by atoms with E-state index < -0.39 is 0 Å². The molecule has 2 aromatic carbocycles. The second-order valence-corrected chi connectivity index (χ2v) is 7.32. The van der Waals surface area contributed by atoms with Crippen LogP contribution in [0.5, 0.6) is 0 Å². The summed E-state index contributed by atoms with van der Waals surface area (Å²) in [4.78, 5) is 11.3. The Bertz CT molecular complexity index is 1120. The molecule has 0 saturated carbocycles. The SMILES string of the molecule is CN(c1ccccc1)c1nccc(-c2ccc3cnn(C4CCCCO4)c3c2)n1. The summed E-state index contributed by atoms with van der Waals surface area (Å²) in [5.74, 6) is 0.665. The zero-order valence-electron chi connectivity index (χ0n) is 16.4. The number of fused-ring (bicyclic) bond motifs is 1. The van der Waals surface area contributed by atoms with E-state index in [-0.39, 0.29) is 6.23 Å². The normalized spacial score (nSPS) is 16.8. The first-order valence-electron chi connectivity index (χ1n) is 10.0. The van der Waals surface area contributed by atoms with Crippen LogP contribution in [0.15, 0.2) is 67.0 Å². The maximum absolute atomic E-state index is 5.94. The molecular weight excluding hydrogens is 362 g/mol. The minimum absolute atomic E-state index is 0.0154. The maximum Gasteiger partial charge on any atom is 0.230 e. The summed E-state index contributed by atoms with van der Waals surface area (Å²) in [6.07, 6.45) is 7.03. The average molecular weight is 385 g/mol. The van der Waals surface area contributed by atoms with Crippen molar-refractivity contribution in [2.24, 2.45) is 0 Å². The molecule has 6 heteroatoms. The van der Waals surface area contributed by atoms with Crippen LogP contribution in [-0.2, 0) is 4.74 Å². The van der Waals surface area contributed by atoms with E-state index in [4.69, 9.17) is 9.72 Å². The number of benzene rings is 2. The molecule has 0 N–H and O–H groups in total. The molecule has 0 aliphatic carbocycles. The molecule has 29 heavy (non-hydrogen) atoms. The fourth-order valence-electron chi connectivity index (χ4n) is 3.78. The molecule has 0 radical (unpaired) electrons. The van der Waals surface area contributed by atoms with E-state index in [1.165, 1.54) is 6.42 Å². The fraction of sp³-hybridized carbons (Fsp3) is 0.261. The lowest BCUT2D eigenvalue weighted by Gasteiger charge is -2.23. The quantitative estimate of drug-likeness (QED) is 0.497. The Morgan fingerprint density at radius 2 is 1.97 bits per heavy atom. The van der Waals surface area contributed by atoms with E-state index in [2.05, 4.69) is 28.3 Å². The van der Waals surface area contributed by atoms with Crippen molar-refractivity contribution in [3.8, 4) is 11.3 Å². The lowest BCUT2D eigenvalue weighted by atomic mass is 10.1. The van der Waals surface area contributed by atoms with Crippen LogP contribution in [0.2, 0.25) is 0 Å². The van der Waals surface area contributed by atoms with Gasteiger partial charge in [0, 0.05) is 36.5 Å². The number of aromatic nitrogens is 4. The monoisotopic (exact) mass is 385 g/mol. The third-order valence-corrected chi connectivity index (χ3v) is 5.41. The van der Waals surface area contributed by atoms with Gasteiger partial charge in [-0.2, -0.15) is 5.10 Å². The van der Waals surface area contributed by atoms with E-state index in [0.29, 0.717) is 5.95 Å². The molecule has 1 atom stereocenters. The van der Waals surface area contributed by atoms with Gasteiger partial charge in [0.1, 0.15) is 0 Å². The van der Waals surface area contributed by atoms with Gasteiger partial charge in [-0.15, -0.1) is 0 Å². The lowest BCUT2D eigenvalue weighted by molar-refractivity contribution is -0.0366. The summed E-state index contributed by atoms with van der Waals surface area (Å²) in [6, 6.07) is 18.4. The Morgan fingerprint density at radius 3 is 2.79 bits per heavy atom. The number of hydrogen-bond acceptors (Lipinski definition) is 5. The van der Waals surface area contributed by atoms with Crippen molar-refractivity contribution in [1.82, 2.24) is 19.7 Å². The van der Waals surface area contributed by atoms with Gasteiger partial charge in [0.15, 0.2) is 6.23 Å². The number of hydrogen-bond donors (Lipinski definition) is 0. The summed E-state index contributed by atoms with van der Waals surface area (Å²) in [6.45, 7) is 0.798. The van der Waals surface area contributed by atoms with Crippen LogP contribution in [0, 0.1) is 0 Å². The Morgan fingerprint density at radius 1 is 1.07 bits per heavy atom. The van der Waals surface area contributed by atoms with Gasteiger partial charge in [-0.3, -0.25) is 0 Å². The summed E-state index contributed by atoms with van der Waals surface area (Å²) < 4.78 is 7.95. The van der Waals surface area contributed by atoms with E-state index in [9.17, 15) is 0 Å². The van der Waals surface area contributed by atoms with Gasteiger partial charge in [0.25, 0.3) is 0 Å². The van der Waals surface area contributed by atoms with Crippen LogP contribution < -0.4 is 4.90 Å². The zero-order chi connectivity index (χ0) is 19.6. The number of para-hydroxylation sites is 1. The molecule has 4 aromatic rings. The Balaban J connectivity index is 1.51. The van der Waals surface area contributed by atoms with Crippen LogP contribution in [-0.4, -0.2) is 33.4 Å². The smallest absolute Gasteiger partial charge is 0.230 e. The highest BCUT2D eigenvalue weighted by molar-refractivity contribution is 5.84. The van der Waals surface area contributed by atoms with E-state index in [1.54, 1.807) is 0 Å². The average Bonchev–Trinajstić information content (AvgIpc) is 3.23. The van der Waals surface area contributed by atoms with E-state index >= 15 is 0 Å². The first-order chi connectivity index (χ1) is 14.3. The van der Waals surface area contributed by atoms with E-state index in [1.807, 2.05) is 65.4 Å². The molecule has 1 fully saturated rings. The largest absolute Gasteiger partial charge is 0.356 e. The Labute approximate surface area is 169 Å². The standard InChI is InChI=1S/C23H23N5O/c1-27(19-7-3-2-4-8-19)23-24-13-12-20(26-23)17-10-11-18-16-25-28(21(18)15-17)22-9-5-6-14-29-22/h2-4,7-8,10-13,15-16,22H,5-6,9,14H2,1H3. The lowest BCUT2D eigenvalue weighted by Crippen LogP contribution is -2.18. The van der Waals surface area contributed by atoms with Gasteiger partial charge in [-0.1, -0.05) is 30.3 Å². The highest BCUT2D eigenvalue weighted by Crippen LogP contribution is 2.29. The highest BCUT2D eigenvalue weighted by Gasteiger charge is 2.19. The molecule has 0 spiro atoms. The number of ether oxygens (including phenoxy) is 1. The van der Waals surface area contributed by atoms with Crippen molar-refractivity contribution in [3.05, 3.63) is 67.0 Å². The predicted molar refractivity (Wildman–Crippen MR) is 114 cm³/mol. The van der Waals surface area contributed by atoms with Crippen LogP contribution in [0.1, 0.15) is 25.5 Å². The summed E-state index contributed by atoms with van der Waals surface area (Å²) in [5, 5.41) is 5.70. The molecular formula is C23H23N5O.